The number of nitrogens with one attached hydrogen (secondary N) is 1. The quantitative estimate of drug-likeness (QED) is 0.904. The topological polar surface area (TPSA) is 81.9 Å². The van der Waals surface area contributed by atoms with Gasteiger partial charge in [0.15, 0.2) is 0 Å². The molecule has 2 aromatic heterocycles. The molecule has 0 aliphatic carbocycles. The van der Waals surface area contributed by atoms with Crippen LogP contribution in [0.2, 0.25) is 0 Å². The second-order valence-electron chi connectivity index (χ2n) is 5.19. The van der Waals surface area contributed by atoms with E-state index in [0.29, 0.717) is 17.9 Å². The molecule has 1 aliphatic heterocycles. The summed E-state index contributed by atoms with van der Waals surface area (Å²) < 4.78 is 11.5. The highest BCUT2D eigenvalue weighted by Gasteiger charge is 2.32. The fourth-order valence-corrected chi connectivity index (χ4v) is 3.27. The first kappa shape index (κ1) is 15.1. The van der Waals surface area contributed by atoms with Gasteiger partial charge < -0.3 is 10.1 Å². The summed E-state index contributed by atoms with van der Waals surface area (Å²) >= 11 is 1.14. The molecule has 3 heterocycles. The van der Waals surface area contributed by atoms with Crippen molar-refractivity contribution in [3.05, 3.63) is 28.5 Å². The van der Waals surface area contributed by atoms with Crippen LogP contribution in [0.4, 0.5) is 0 Å². The summed E-state index contributed by atoms with van der Waals surface area (Å²) in [5.41, 5.74) is 1.75. The molecule has 8 heteroatoms. The normalized spacial score (nSPS) is 21.2. The molecular formula is C14H19N5O2S. The number of aromatic nitrogens is 4. The van der Waals surface area contributed by atoms with Crippen LogP contribution in [0.5, 0.6) is 0 Å². The van der Waals surface area contributed by atoms with Gasteiger partial charge >= 0.3 is 0 Å². The number of rotatable bonds is 5. The maximum atomic E-state index is 12.4. The average molecular weight is 321 g/mol. The summed E-state index contributed by atoms with van der Waals surface area (Å²) in [4.78, 5) is 13.0. The van der Waals surface area contributed by atoms with Crippen LogP contribution in [0.15, 0.2) is 12.4 Å². The van der Waals surface area contributed by atoms with Gasteiger partial charge in [-0.3, -0.25) is 9.48 Å². The maximum Gasteiger partial charge on any atom is 0.265 e. The lowest BCUT2D eigenvalue weighted by atomic mass is 10.1. The zero-order chi connectivity index (χ0) is 15.5. The van der Waals surface area contributed by atoms with Crippen LogP contribution < -0.4 is 5.32 Å². The zero-order valence-electron chi connectivity index (χ0n) is 12.7. The van der Waals surface area contributed by atoms with Gasteiger partial charge in [-0.15, -0.1) is 5.10 Å². The minimum atomic E-state index is -0.143. The van der Waals surface area contributed by atoms with Crippen LogP contribution in [0.3, 0.4) is 0 Å². The third kappa shape index (κ3) is 2.89. The van der Waals surface area contributed by atoms with Crippen molar-refractivity contribution in [2.45, 2.75) is 45.4 Å². The minimum Gasteiger partial charge on any atom is -0.371 e. The van der Waals surface area contributed by atoms with E-state index in [4.69, 9.17) is 4.74 Å². The molecule has 1 fully saturated rings. The molecule has 22 heavy (non-hydrogen) atoms. The summed E-state index contributed by atoms with van der Waals surface area (Å²) in [6.45, 7) is 5.45. The summed E-state index contributed by atoms with van der Waals surface area (Å²) in [6, 6.07) is -0.0474. The first-order valence-electron chi connectivity index (χ1n) is 7.49. The number of amides is 1. The Morgan fingerprint density at radius 2 is 2.41 bits per heavy atom. The second-order valence-corrected chi connectivity index (χ2v) is 5.95. The number of nitrogens with zero attached hydrogens (tertiary/aromatic N) is 4. The third-order valence-electron chi connectivity index (χ3n) is 3.81. The maximum absolute atomic E-state index is 12.4. The molecule has 0 radical (unpaired) electrons. The molecule has 118 valence electrons. The fraction of sp³-hybridized carbons (Fsp3) is 0.571. The van der Waals surface area contributed by atoms with E-state index in [1.165, 1.54) is 0 Å². The molecular weight excluding hydrogens is 302 g/mol. The van der Waals surface area contributed by atoms with E-state index in [-0.39, 0.29) is 18.1 Å². The number of aryl methyl sites for hydroxylation is 2. The van der Waals surface area contributed by atoms with Gasteiger partial charge in [-0.25, -0.2) is 0 Å². The van der Waals surface area contributed by atoms with Gasteiger partial charge in [0.2, 0.25) is 0 Å². The lowest BCUT2D eigenvalue weighted by Gasteiger charge is -2.18. The average Bonchev–Trinajstić information content (AvgIpc) is 3.26. The van der Waals surface area contributed by atoms with Gasteiger partial charge in [0.1, 0.15) is 11.0 Å². The molecule has 2 atom stereocenters. The van der Waals surface area contributed by atoms with E-state index in [9.17, 15) is 4.79 Å². The van der Waals surface area contributed by atoms with Gasteiger partial charge in [-0.1, -0.05) is 11.4 Å². The molecule has 3 rings (SSSR count). The van der Waals surface area contributed by atoms with E-state index in [2.05, 4.69) is 20.0 Å². The van der Waals surface area contributed by atoms with Crippen LogP contribution in [-0.2, 0) is 17.7 Å². The van der Waals surface area contributed by atoms with Gasteiger partial charge in [-0.05, 0) is 31.3 Å². The summed E-state index contributed by atoms with van der Waals surface area (Å²) in [5.74, 6) is -0.116. The Bertz CT molecular complexity index is 653. The van der Waals surface area contributed by atoms with Crippen molar-refractivity contribution in [2.24, 2.45) is 0 Å². The smallest absolute Gasteiger partial charge is 0.265 e. The SMILES string of the molecule is CCc1nnsc1C(=O)N[C@H]1CCO[C@@H]1c1cnn(CC)c1. The number of carbonyl (C=O) groups excluding carboxylic acids is 1. The van der Waals surface area contributed by atoms with E-state index < -0.39 is 0 Å². The molecule has 7 nitrogen and oxygen atoms in total. The Morgan fingerprint density at radius 1 is 1.55 bits per heavy atom. The lowest BCUT2D eigenvalue weighted by Crippen LogP contribution is -2.36. The van der Waals surface area contributed by atoms with Crippen LogP contribution in [0.1, 0.15) is 47.3 Å². The Morgan fingerprint density at radius 3 is 3.14 bits per heavy atom. The van der Waals surface area contributed by atoms with Crippen molar-refractivity contribution < 1.29 is 9.53 Å². The van der Waals surface area contributed by atoms with Crippen molar-refractivity contribution in [3.8, 4) is 0 Å². The van der Waals surface area contributed by atoms with E-state index in [1.807, 2.05) is 30.9 Å². The molecule has 0 aromatic carbocycles. The Kier molecular flexibility index (Phi) is 4.49. The van der Waals surface area contributed by atoms with Gasteiger partial charge in [0, 0.05) is 24.9 Å². The van der Waals surface area contributed by atoms with Crippen molar-refractivity contribution in [2.75, 3.05) is 6.61 Å². The molecule has 1 amide bonds. The van der Waals surface area contributed by atoms with Gasteiger partial charge in [0.25, 0.3) is 5.91 Å². The highest BCUT2D eigenvalue weighted by Crippen LogP contribution is 2.29. The molecule has 0 spiro atoms. The molecule has 1 saturated heterocycles. The number of hydrogen-bond donors (Lipinski definition) is 1. The van der Waals surface area contributed by atoms with E-state index in [0.717, 1.165) is 35.8 Å². The molecule has 1 N–H and O–H groups in total. The number of hydrogen-bond acceptors (Lipinski definition) is 6. The molecule has 1 aliphatic rings. The van der Waals surface area contributed by atoms with Crippen LogP contribution in [0, 0.1) is 0 Å². The van der Waals surface area contributed by atoms with Crippen molar-refractivity contribution in [1.82, 2.24) is 24.7 Å². The Labute approximate surface area is 132 Å². The molecule has 0 unspecified atom stereocenters. The minimum absolute atomic E-state index is 0.0474. The first-order valence-corrected chi connectivity index (χ1v) is 8.26. The number of carbonyl (C=O) groups is 1. The Hall–Kier alpha value is -1.80. The zero-order valence-corrected chi connectivity index (χ0v) is 13.5. The van der Waals surface area contributed by atoms with Gasteiger partial charge in [-0.2, -0.15) is 5.10 Å². The Balaban J connectivity index is 1.72. The highest BCUT2D eigenvalue weighted by atomic mass is 32.1. The predicted molar refractivity (Wildman–Crippen MR) is 81.8 cm³/mol. The van der Waals surface area contributed by atoms with Crippen molar-refractivity contribution in [3.63, 3.8) is 0 Å². The van der Waals surface area contributed by atoms with E-state index >= 15 is 0 Å². The molecule has 0 bridgehead atoms. The third-order valence-corrected chi connectivity index (χ3v) is 4.58. The van der Waals surface area contributed by atoms with Crippen LogP contribution in [0.25, 0.3) is 0 Å². The van der Waals surface area contributed by atoms with Crippen LogP contribution >= 0.6 is 11.5 Å². The lowest BCUT2D eigenvalue weighted by molar-refractivity contribution is 0.0823. The highest BCUT2D eigenvalue weighted by molar-refractivity contribution is 7.08. The monoisotopic (exact) mass is 321 g/mol. The van der Waals surface area contributed by atoms with Crippen molar-refractivity contribution in [1.29, 1.82) is 0 Å². The summed E-state index contributed by atoms with van der Waals surface area (Å²) in [6.07, 6.45) is 5.13. The fourth-order valence-electron chi connectivity index (χ4n) is 2.61. The first-order chi connectivity index (χ1) is 10.7. The van der Waals surface area contributed by atoms with E-state index in [1.54, 1.807) is 0 Å². The number of ether oxygens (including phenoxy) is 1. The largest absolute Gasteiger partial charge is 0.371 e. The summed E-state index contributed by atoms with van der Waals surface area (Å²) in [5, 5.41) is 11.3. The predicted octanol–water partition coefficient (Wildman–Crippen LogP) is 1.58. The van der Waals surface area contributed by atoms with Gasteiger partial charge in [0.05, 0.1) is 17.9 Å². The molecule has 2 aromatic rings. The molecule has 0 saturated carbocycles. The second kappa shape index (κ2) is 6.53. The summed E-state index contributed by atoms with van der Waals surface area (Å²) in [7, 11) is 0. The van der Waals surface area contributed by atoms with Crippen molar-refractivity contribution >= 4 is 17.4 Å². The standard InChI is InChI=1S/C14H19N5O2S/c1-3-10-13(22-18-17-10)14(20)16-11-5-6-21-12(11)9-7-15-19(4-2)8-9/h7-8,11-12H,3-6H2,1-2H3,(H,16,20)/t11-,12+/m0/s1. The van der Waals surface area contributed by atoms with Crippen LogP contribution in [-0.4, -0.2) is 37.9 Å².